The lowest BCUT2D eigenvalue weighted by atomic mass is 9.93. The molecule has 2 rings (SSSR count). The van der Waals surface area contributed by atoms with E-state index in [2.05, 4.69) is 12.2 Å². The Morgan fingerprint density at radius 2 is 2.22 bits per heavy atom. The Labute approximate surface area is 56.8 Å². The summed E-state index contributed by atoms with van der Waals surface area (Å²) in [4.78, 5) is 0. The molecule has 0 aromatic heterocycles. The third-order valence-electron chi connectivity index (χ3n) is 2.88. The minimum atomic E-state index is 0.545. The lowest BCUT2D eigenvalue weighted by Crippen LogP contribution is -2.43. The van der Waals surface area contributed by atoms with E-state index in [1.807, 2.05) is 0 Å². The first-order valence-electron chi connectivity index (χ1n) is 4.06. The highest BCUT2D eigenvalue weighted by Gasteiger charge is 2.36. The van der Waals surface area contributed by atoms with Gasteiger partial charge in [0.1, 0.15) is 0 Å². The molecule has 0 aliphatic carbocycles. The average molecular weight is 125 g/mol. The van der Waals surface area contributed by atoms with Gasteiger partial charge in [-0.2, -0.15) is 0 Å². The summed E-state index contributed by atoms with van der Waals surface area (Å²) in [6, 6.07) is 0.878. The van der Waals surface area contributed by atoms with Crippen molar-refractivity contribution in [2.45, 2.75) is 50.6 Å². The summed E-state index contributed by atoms with van der Waals surface area (Å²) in [5.74, 6) is 0. The largest absolute Gasteiger partial charge is 0.309 e. The minimum absolute atomic E-state index is 0.545. The van der Waals surface area contributed by atoms with Crippen molar-refractivity contribution in [3.05, 3.63) is 0 Å². The van der Waals surface area contributed by atoms with Crippen molar-refractivity contribution >= 4 is 0 Å². The number of rotatable bonds is 0. The second kappa shape index (κ2) is 1.72. The first kappa shape index (κ1) is 5.72. The van der Waals surface area contributed by atoms with Crippen LogP contribution in [0.1, 0.15) is 39.0 Å². The third kappa shape index (κ3) is 0.877. The molecule has 0 amide bonds. The molecule has 2 aliphatic heterocycles. The van der Waals surface area contributed by atoms with Gasteiger partial charge in [-0.05, 0) is 32.6 Å². The van der Waals surface area contributed by atoms with Crippen LogP contribution in [0.15, 0.2) is 0 Å². The van der Waals surface area contributed by atoms with Gasteiger partial charge >= 0.3 is 0 Å². The average Bonchev–Trinajstić information content (AvgIpc) is 2.07. The molecular weight excluding hydrogens is 110 g/mol. The molecule has 52 valence electrons. The topological polar surface area (TPSA) is 12.0 Å². The van der Waals surface area contributed by atoms with Crippen molar-refractivity contribution in [2.24, 2.45) is 0 Å². The summed E-state index contributed by atoms with van der Waals surface area (Å²) >= 11 is 0. The van der Waals surface area contributed by atoms with Crippen molar-refractivity contribution in [3.8, 4) is 0 Å². The molecule has 1 unspecified atom stereocenters. The Hall–Kier alpha value is -0.0400. The van der Waals surface area contributed by atoms with Crippen molar-refractivity contribution in [3.63, 3.8) is 0 Å². The van der Waals surface area contributed by atoms with Gasteiger partial charge in [0.2, 0.25) is 0 Å². The minimum Gasteiger partial charge on any atom is -0.309 e. The SMILES string of the molecule is C[C@@]12CCCC(CC1)N2. The van der Waals surface area contributed by atoms with Crippen LogP contribution in [-0.2, 0) is 0 Å². The van der Waals surface area contributed by atoms with E-state index in [-0.39, 0.29) is 0 Å². The van der Waals surface area contributed by atoms with Gasteiger partial charge in [0, 0.05) is 11.6 Å². The van der Waals surface area contributed by atoms with Gasteiger partial charge in [-0.15, -0.1) is 0 Å². The molecule has 0 saturated carbocycles. The molecule has 0 aromatic rings. The lowest BCUT2D eigenvalue weighted by Gasteiger charge is -2.30. The number of piperidine rings is 1. The summed E-state index contributed by atoms with van der Waals surface area (Å²) < 4.78 is 0. The van der Waals surface area contributed by atoms with Gasteiger partial charge in [-0.25, -0.2) is 0 Å². The van der Waals surface area contributed by atoms with Crippen molar-refractivity contribution in [2.75, 3.05) is 0 Å². The second-order valence-corrected chi connectivity index (χ2v) is 3.83. The van der Waals surface area contributed by atoms with Crippen molar-refractivity contribution in [1.82, 2.24) is 5.32 Å². The molecule has 2 fully saturated rings. The Balaban J connectivity index is 2.13. The fourth-order valence-corrected chi connectivity index (χ4v) is 2.28. The van der Waals surface area contributed by atoms with Crippen LogP contribution in [0.3, 0.4) is 0 Å². The molecule has 1 N–H and O–H groups in total. The molecule has 2 atom stereocenters. The zero-order chi connectivity index (χ0) is 6.32. The maximum atomic E-state index is 3.67. The first-order valence-corrected chi connectivity index (χ1v) is 4.06. The van der Waals surface area contributed by atoms with E-state index in [1.165, 1.54) is 32.1 Å². The third-order valence-corrected chi connectivity index (χ3v) is 2.88. The van der Waals surface area contributed by atoms with Gasteiger partial charge in [0.05, 0.1) is 0 Å². The van der Waals surface area contributed by atoms with Gasteiger partial charge in [-0.3, -0.25) is 0 Å². The molecule has 1 heteroatoms. The first-order chi connectivity index (χ1) is 4.29. The van der Waals surface area contributed by atoms with Crippen LogP contribution in [0.25, 0.3) is 0 Å². The fraction of sp³-hybridized carbons (Fsp3) is 1.00. The predicted molar refractivity (Wildman–Crippen MR) is 38.4 cm³/mol. The van der Waals surface area contributed by atoms with Crippen LogP contribution >= 0.6 is 0 Å². The molecule has 2 heterocycles. The summed E-state index contributed by atoms with van der Waals surface area (Å²) in [6.45, 7) is 2.37. The van der Waals surface area contributed by atoms with E-state index < -0.39 is 0 Å². The standard InChI is InChI=1S/C8H15N/c1-8-5-2-3-7(9-8)4-6-8/h7,9H,2-6H2,1H3/t7?,8-/m1/s1. The van der Waals surface area contributed by atoms with Crippen molar-refractivity contribution in [1.29, 1.82) is 0 Å². The lowest BCUT2D eigenvalue weighted by molar-refractivity contribution is 0.300. The van der Waals surface area contributed by atoms with Crippen LogP contribution < -0.4 is 5.32 Å². The van der Waals surface area contributed by atoms with E-state index in [0.717, 1.165) is 6.04 Å². The molecular formula is C8H15N. The van der Waals surface area contributed by atoms with E-state index >= 15 is 0 Å². The Bertz CT molecular complexity index is 118. The summed E-state index contributed by atoms with van der Waals surface area (Å²) in [5, 5.41) is 3.67. The molecule has 2 saturated heterocycles. The molecule has 0 aromatic carbocycles. The van der Waals surface area contributed by atoms with Crippen molar-refractivity contribution < 1.29 is 0 Å². The Morgan fingerprint density at radius 1 is 1.33 bits per heavy atom. The van der Waals surface area contributed by atoms with Crippen LogP contribution in [0, 0.1) is 0 Å². The summed E-state index contributed by atoms with van der Waals surface area (Å²) in [6.07, 6.45) is 7.13. The molecule has 0 spiro atoms. The summed E-state index contributed by atoms with van der Waals surface area (Å²) in [7, 11) is 0. The summed E-state index contributed by atoms with van der Waals surface area (Å²) in [5.41, 5.74) is 0.545. The van der Waals surface area contributed by atoms with E-state index in [1.54, 1.807) is 0 Å². The zero-order valence-corrected chi connectivity index (χ0v) is 6.11. The Kier molecular flexibility index (Phi) is 1.10. The van der Waals surface area contributed by atoms with E-state index in [4.69, 9.17) is 0 Å². The second-order valence-electron chi connectivity index (χ2n) is 3.83. The number of hydrogen-bond acceptors (Lipinski definition) is 1. The number of fused-ring (bicyclic) bond motifs is 2. The smallest absolute Gasteiger partial charge is 0.0156 e. The van der Waals surface area contributed by atoms with Gasteiger partial charge in [0.25, 0.3) is 0 Å². The molecule has 9 heavy (non-hydrogen) atoms. The van der Waals surface area contributed by atoms with Gasteiger partial charge in [0.15, 0.2) is 0 Å². The molecule has 0 radical (unpaired) electrons. The maximum absolute atomic E-state index is 3.67. The number of hydrogen-bond donors (Lipinski definition) is 1. The normalized spacial score (nSPS) is 49.7. The highest BCUT2D eigenvalue weighted by Crippen LogP contribution is 2.34. The van der Waals surface area contributed by atoms with Crippen LogP contribution in [0.5, 0.6) is 0 Å². The fourth-order valence-electron chi connectivity index (χ4n) is 2.28. The van der Waals surface area contributed by atoms with Crippen LogP contribution in [0.4, 0.5) is 0 Å². The van der Waals surface area contributed by atoms with E-state index in [0.29, 0.717) is 5.54 Å². The predicted octanol–water partition coefficient (Wildman–Crippen LogP) is 1.68. The molecule has 1 nitrogen and oxygen atoms in total. The van der Waals surface area contributed by atoms with E-state index in [9.17, 15) is 0 Å². The Morgan fingerprint density at radius 3 is 2.89 bits per heavy atom. The van der Waals surface area contributed by atoms with Crippen LogP contribution in [0.2, 0.25) is 0 Å². The quantitative estimate of drug-likeness (QED) is 0.519. The molecule has 2 aliphatic rings. The zero-order valence-electron chi connectivity index (χ0n) is 6.11. The highest BCUT2D eigenvalue weighted by molar-refractivity contribution is 4.97. The van der Waals surface area contributed by atoms with Gasteiger partial charge < -0.3 is 5.32 Å². The molecule has 2 bridgehead atoms. The monoisotopic (exact) mass is 125 g/mol. The van der Waals surface area contributed by atoms with Crippen LogP contribution in [-0.4, -0.2) is 11.6 Å². The number of nitrogens with one attached hydrogen (secondary N) is 1. The highest BCUT2D eigenvalue weighted by atomic mass is 15.0. The maximum Gasteiger partial charge on any atom is 0.0156 e. The van der Waals surface area contributed by atoms with Gasteiger partial charge in [-0.1, -0.05) is 6.42 Å².